The number of aryl methyl sites for hydroxylation is 2. The van der Waals surface area contributed by atoms with Crippen molar-refractivity contribution in [1.29, 1.82) is 0 Å². The van der Waals surface area contributed by atoms with Gasteiger partial charge in [0.1, 0.15) is 5.01 Å². The molecule has 1 aromatic carbocycles. The van der Waals surface area contributed by atoms with Crippen LogP contribution in [0.3, 0.4) is 0 Å². The number of carbonyl (C=O) groups excluding carboxylic acids is 1. The summed E-state index contributed by atoms with van der Waals surface area (Å²) in [5.74, 6) is 0.260. The van der Waals surface area contributed by atoms with Crippen molar-refractivity contribution >= 4 is 17.2 Å². The minimum absolute atomic E-state index is 0.260. The van der Waals surface area contributed by atoms with Crippen molar-refractivity contribution in [3.8, 4) is 10.6 Å². The van der Waals surface area contributed by atoms with Gasteiger partial charge in [-0.15, -0.1) is 11.3 Å². The molecule has 1 aliphatic heterocycles. The highest BCUT2D eigenvalue weighted by atomic mass is 32.1. The lowest BCUT2D eigenvalue weighted by Gasteiger charge is -2.34. The molecule has 0 saturated carbocycles. The molecule has 1 aromatic heterocycles. The Morgan fingerprint density at radius 3 is 2.67 bits per heavy atom. The fourth-order valence-electron chi connectivity index (χ4n) is 3.06. The molecule has 5 heteroatoms. The zero-order valence-electron chi connectivity index (χ0n) is 14.5. The molecular weight excluding hydrogens is 318 g/mol. The Hall–Kier alpha value is -1.72. The Balaban J connectivity index is 1.54. The van der Waals surface area contributed by atoms with Gasteiger partial charge in [0.2, 0.25) is 5.91 Å². The molecule has 24 heavy (non-hydrogen) atoms. The van der Waals surface area contributed by atoms with Gasteiger partial charge >= 0.3 is 0 Å². The fraction of sp³-hybridized carbons (Fsp3) is 0.474. The van der Waals surface area contributed by atoms with Crippen molar-refractivity contribution < 1.29 is 4.79 Å². The maximum atomic E-state index is 12.4. The number of piperazine rings is 1. The summed E-state index contributed by atoms with van der Waals surface area (Å²) in [5, 5.41) is 3.14. The molecule has 0 N–H and O–H groups in total. The van der Waals surface area contributed by atoms with Crippen LogP contribution in [0.4, 0.5) is 0 Å². The van der Waals surface area contributed by atoms with Gasteiger partial charge in [0.05, 0.1) is 5.69 Å². The number of hydrogen-bond donors (Lipinski definition) is 0. The van der Waals surface area contributed by atoms with Crippen LogP contribution in [0.25, 0.3) is 10.6 Å². The van der Waals surface area contributed by atoms with E-state index in [1.165, 1.54) is 11.1 Å². The highest BCUT2D eigenvalue weighted by Gasteiger charge is 2.20. The minimum atomic E-state index is 0.260. The molecular formula is C19H25N3OS. The average molecular weight is 343 g/mol. The van der Waals surface area contributed by atoms with Crippen LogP contribution in [-0.2, 0) is 11.2 Å². The van der Waals surface area contributed by atoms with Gasteiger partial charge in [-0.2, -0.15) is 0 Å². The first-order valence-corrected chi connectivity index (χ1v) is 9.56. The van der Waals surface area contributed by atoms with Crippen LogP contribution in [-0.4, -0.2) is 53.4 Å². The highest BCUT2D eigenvalue weighted by molar-refractivity contribution is 7.13. The third-order valence-electron chi connectivity index (χ3n) is 4.69. The van der Waals surface area contributed by atoms with Crippen molar-refractivity contribution in [1.82, 2.24) is 14.8 Å². The number of nitrogens with zero attached hydrogens (tertiary/aromatic N) is 3. The maximum Gasteiger partial charge on any atom is 0.223 e. The zero-order valence-corrected chi connectivity index (χ0v) is 15.3. The third kappa shape index (κ3) is 4.02. The van der Waals surface area contributed by atoms with E-state index in [0.717, 1.165) is 49.8 Å². The molecule has 0 bridgehead atoms. The fourth-order valence-corrected chi connectivity index (χ4v) is 4.01. The lowest BCUT2D eigenvalue weighted by atomic mass is 10.1. The van der Waals surface area contributed by atoms with Gasteiger partial charge in [-0.25, -0.2) is 4.98 Å². The molecule has 4 nitrogen and oxygen atoms in total. The highest BCUT2D eigenvalue weighted by Crippen LogP contribution is 2.27. The van der Waals surface area contributed by atoms with Crippen molar-refractivity contribution in [3.05, 3.63) is 40.9 Å². The largest absolute Gasteiger partial charge is 0.340 e. The molecule has 1 fully saturated rings. The number of thiazole rings is 1. The van der Waals surface area contributed by atoms with Crippen molar-refractivity contribution in [2.75, 3.05) is 32.7 Å². The first-order valence-electron chi connectivity index (χ1n) is 8.68. The van der Waals surface area contributed by atoms with Gasteiger partial charge in [-0.3, -0.25) is 4.79 Å². The second-order valence-electron chi connectivity index (χ2n) is 6.27. The van der Waals surface area contributed by atoms with Gasteiger partial charge in [0.15, 0.2) is 0 Å². The van der Waals surface area contributed by atoms with Crippen LogP contribution in [0.5, 0.6) is 0 Å². The molecule has 0 spiro atoms. The SMILES string of the molecule is CCN1CCN(C(=O)CCc2csc(-c3ccccc3C)n2)CC1. The van der Waals surface area contributed by atoms with E-state index in [9.17, 15) is 4.79 Å². The van der Waals surface area contributed by atoms with Crippen LogP contribution < -0.4 is 0 Å². The van der Waals surface area contributed by atoms with E-state index >= 15 is 0 Å². The monoisotopic (exact) mass is 343 g/mol. The van der Waals surface area contributed by atoms with E-state index < -0.39 is 0 Å². The van der Waals surface area contributed by atoms with E-state index in [1.807, 2.05) is 17.0 Å². The molecule has 0 atom stereocenters. The van der Waals surface area contributed by atoms with Crippen molar-refractivity contribution in [2.24, 2.45) is 0 Å². The topological polar surface area (TPSA) is 36.4 Å². The minimum Gasteiger partial charge on any atom is -0.340 e. The number of amides is 1. The molecule has 1 saturated heterocycles. The number of aromatic nitrogens is 1. The second kappa shape index (κ2) is 7.90. The number of benzene rings is 1. The van der Waals surface area contributed by atoms with E-state index in [-0.39, 0.29) is 5.91 Å². The number of carbonyl (C=O) groups is 1. The molecule has 0 unspecified atom stereocenters. The molecule has 2 aromatic rings. The van der Waals surface area contributed by atoms with Gasteiger partial charge < -0.3 is 9.80 Å². The molecule has 1 amide bonds. The smallest absolute Gasteiger partial charge is 0.223 e. The van der Waals surface area contributed by atoms with E-state index in [4.69, 9.17) is 4.98 Å². The average Bonchev–Trinajstić information content (AvgIpc) is 3.09. The summed E-state index contributed by atoms with van der Waals surface area (Å²) in [5.41, 5.74) is 3.46. The molecule has 1 aliphatic rings. The Bertz CT molecular complexity index is 689. The Morgan fingerprint density at radius 2 is 1.96 bits per heavy atom. The lowest BCUT2D eigenvalue weighted by Crippen LogP contribution is -2.48. The van der Waals surface area contributed by atoms with E-state index in [0.29, 0.717) is 6.42 Å². The number of likely N-dealkylation sites (N-methyl/N-ethyl adjacent to an activating group) is 1. The molecule has 3 rings (SSSR count). The van der Waals surface area contributed by atoms with Gasteiger partial charge in [-0.1, -0.05) is 31.2 Å². The predicted molar refractivity (Wildman–Crippen MR) is 99.3 cm³/mol. The number of rotatable bonds is 5. The first kappa shape index (κ1) is 17.1. The summed E-state index contributed by atoms with van der Waals surface area (Å²) >= 11 is 1.66. The van der Waals surface area contributed by atoms with E-state index in [1.54, 1.807) is 11.3 Å². The Labute approximate surface area is 148 Å². The third-order valence-corrected chi connectivity index (χ3v) is 5.62. The van der Waals surface area contributed by atoms with Crippen molar-refractivity contribution in [2.45, 2.75) is 26.7 Å². The van der Waals surface area contributed by atoms with Crippen molar-refractivity contribution in [3.63, 3.8) is 0 Å². The maximum absolute atomic E-state index is 12.4. The quantitative estimate of drug-likeness (QED) is 0.836. The van der Waals surface area contributed by atoms with E-state index in [2.05, 4.69) is 36.3 Å². The normalized spacial score (nSPS) is 15.7. The van der Waals surface area contributed by atoms with Crippen LogP contribution >= 0.6 is 11.3 Å². The number of hydrogen-bond acceptors (Lipinski definition) is 4. The van der Waals surface area contributed by atoms with Crippen LogP contribution in [0.1, 0.15) is 24.6 Å². The molecule has 128 valence electrons. The summed E-state index contributed by atoms with van der Waals surface area (Å²) in [6.45, 7) is 9.06. The Kier molecular flexibility index (Phi) is 5.63. The van der Waals surface area contributed by atoms with Gasteiger partial charge in [0.25, 0.3) is 0 Å². The molecule has 0 aliphatic carbocycles. The Morgan fingerprint density at radius 1 is 1.21 bits per heavy atom. The standard InChI is InChI=1S/C19H25N3OS/c1-3-21-10-12-22(13-11-21)18(23)9-8-16-14-24-19(20-16)17-7-5-4-6-15(17)2/h4-7,14H,3,8-13H2,1-2H3. The summed E-state index contributed by atoms with van der Waals surface area (Å²) in [6, 6.07) is 8.30. The van der Waals surface area contributed by atoms with Crippen LogP contribution in [0.2, 0.25) is 0 Å². The first-order chi connectivity index (χ1) is 11.7. The lowest BCUT2D eigenvalue weighted by molar-refractivity contribution is -0.132. The second-order valence-corrected chi connectivity index (χ2v) is 7.13. The summed E-state index contributed by atoms with van der Waals surface area (Å²) in [7, 11) is 0. The zero-order chi connectivity index (χ0) is 16.9. The summed E-state index contributed by atoms with van der Waals surface area (Å²) in [6.07, 6.45) is 1.29. The summed E-state index contributed by atoms with van der Waals surface area (Å²) in [4.78, 5) is 21.5. The van der Waals surface area contributed by atoms with Crippen LogP contribution in [0.15, 0.2) is 29.6 Å². The molecule has 2 heterocycles. The van der Waals surface area contributed by atoms with Crippen LogP contribution in [0, 0.1) is 6.92 Å². The van der Waals surface area contributed by atoms with Gasteiger partial charge in [-0.05, 0) is 25.5 Å². The predicted octanol–water partition coefficient (Wildman–Crippen LogP) is 3.22. The summed E-state index contributed by atoms with van der Waals surface area (Å²) < 4.78 is 0. The van der Waals surface area contributed by atoms with Gasteiger partial charge in [0, 0.05) is 43.5 Å². The molecule has 0 radical (unpaired) electrons.